The lowest BCUT2D eigenvalue weighted by Crippen LogP contribution is -2.13. The lowest BCUT2D eigenvalue weighted by Gasteiger charge is -2.12. The summed E-state index contributed by atoms with van der Waals surface area (Å²) in [6.07, 6.45) is 3.08. The maximum Gasteiger partial charge on any atom is 0.255 e. The first-order valence-electron chi connectivity index (χ1n) is 10.7. The Hall–Kier alpha value is -3.77. The number of thiophene rings is 1. The number of carbonyl (C=O) groups excluding carboxylic acids is 1. The lowest BCUT2D eigenvalue weighted by molar-refractivity contribution is 0.102. The molecule has 0 aliphatic rings. The molecule has 5 nitrogen and oxygen atoms in total. The molecule has 0 radical (unpaired) electrons. The van der Waals surface area contributed by atoms with Gasteiger partial charge in [0.1, 0.15) is 0 Å². The van der Waals surface area contributed by atoms with E-state index < -0.39 is 0 Å². The van der Waals surface area contributed by atoms with Gasteiger partial charge >= 0.3 is 0 Å². The van der Waals surface area contributed by atoms with Crippen molar-refractivity contribution in [2.45, 2.75) is 20.8 Å². The van der Waals surface area contributed by atoms with Crippen LogP contribution in [0.2, 0.25) is 0 Å². The molecule has 33 heavy (non-hydrogen) atoms. The molecular formula is C27H26N4OS. The molecule has 1 amide bonds. The number of fused-ring (bicyclic) bond motifs is 1. The van der Waals surface area contributed by atoms with Crippen molar-refractivity contribution in [2.24, 2.45) is 10.9 Å². The highest BCUT2D eigenvalue weighted by atomic mass is 32.1. The molecule has 0 saturated heterocycles. The Kier molecular flexibility index (Phi) is 6.38. The van der Waals surface area contributed by atoms with E-state index in [2.05, 4.69) is 42.4 Å². The minimum Gasteiger partial charge on any atom is -0.398 e. The Morgan fingerprint density at radius 3 is 2.64 bits per heavy atom. The van der Waals surface area contributed by atoms with Gasteiger partial charge in [0, 0.05) is 50.1 Å². The Bertz CT molecular complexity index is 1350. The minimum absolute atomic E-state index is 0.261. The van der Waals surface area contributed by atoms with E-state index in [1.54, 1.807) is 23.5 Å². The van der Waals surface area contributed by atoms with Crippen molar-refractivity contribution in [2.75, 3.05) is 11.1 Å². The summed E-state index contributed by atoms with van der Waals surface area (Å²) < 4.78 is 1.15. The van der Waals surface area contributed by atoms with E-state index in [0.29, 0.717) is 28.4 Å². The summed E-state index contributed by atoms with van der Waals surface area (Å²) in [5.74, 6) is 0.0763. The molecule has 4 rings (SSSR count). The van der Waals surface area contributed by atoms with Gasteiger partial charge in [-0.2, -0.15) is 0 Å². The number of carbonyl (C=O) groups is 1. The predicted octanol–water partition coefficient (Wildman–Crippen LogP) is 7.07. The van der Waals surface area contributed by atoms with Crippen LogP contribution in [0.25, 0.3) is 20.5 Å². The van der Waals surface area contributed by atoms with E-state index in [0.717, 1.165) is 31.8 Å². The fourth-order valence-electron chi connectivity index (χ4n) is 3.50. The Balaban J connectivity index is 1.69. The van der Waals surface area contributed by atoms with Crippen LogP contribution in [0.5, 0.6) is 0 Å². The van der Waals surface area contributed by atoms with Gasteiger partial charge in [-0.1, -0.05) is 38.1 Å². The molecule has 0 unspecified atom stereocenters. The average molecular weight is 455 g/mol. The van der Waals surface area contributed by atoms with Crippen molar-refractivity contribution >= 4 is 56.8 Å². The molecule has 3 aromatic carbocycles. The second-order valence-electron chi connectivity index (χ2n) is 8.30. The van der Waals surface area contributed by atoms with E-state index in [1.807, 2.05) is 43.5 Å². The first-order chi connectivity index (χ1) is 15.9. The number of rotatable bonds is 6. The zero-order valence-corrected chi connectivity index (χ0v) is 19.7. The van der Waals surface area contributed by atoms with Crippen LogP contribution in [-0.2, 0) is 0 Å². The summed E-state index contributed by atoms with van der Waals surface area (Å²) in [5.41, 5.74) is 11.1. The van der Waals surface area contributed by atoms with Crippen LogP contribution in [0.3, 0.4) is 0 Å². The number of amides is 1. The highest BCUT2D eigenvalue weighted by Crippen LogP contribution is 2.38. The smallest absolute Gasteiger partial charge is 0.255 e. The summed E-state index contributed by atoms with van der Waals surface area (Å²) in [5, 5.41) is 11.9. The van der Waals surface area contributed by atoms with E-state index in [1.165, 1.54) is 6.21 Å². The maximum atomic E-state index is 13.1. The number of benzene rings is 3. The number of aryl methyl sites for hydroxylation is 1. The SMILES string of the molecule is Cc1ccc(NC(=O)c2cc(C=N)c(N)c(-c3cc4ccccc4s3)c2)cc1N=CC(C)C. The first-order valence-corrected chi connectivity index (χ1v) is 11.6. The van der Waals surface area contributed by atoms with E-state index in [9.17, 15) is 4.79 Å². The van der Waals surface area contributed by atoms with Gasteiger partial charge in [0.05, 0.1) is 5.69 Å². The Labute approximate surface area is 197 Å². The quantitative estimate of drug-likeness (QED) is 0.215. The number of nitrogens with zero attached hydrogens (tertiary/aromatic N) is 1. The van der Waals surface area contributed by atoms with Crippen molar-refractivity contribution in [1.82, 2.24) is 0 Å². The predicted molar refractivity (Wildman–Crippen MR) is 142 cm³/mol. The van der Waals surface area contributed by atoms with Crippen LogP contribution >= 0.6 is 11.3 Å². The summed E-state index contributed by atoms with van der Waals surface area (Å²) in [6, 6.07) is 19.3. The van der Waals surface area contributed by atoms with Gasteiger partial charge in [-0.05, 0) is 60.2 Å². The van der Waals surface area contributed by atoms with Gasteiger partial charge in [0.15, 0.2) is 0 Å². The number of hydrogen-bond acceptors (Lipinski definition) is 5. The number of aliphatic imine (C=N–C) groups is 1. The van der Waals surface area contributed by atoms with Gasteiger partial charge in [-0.15, -0.1) is 11.3 Å². The molecule has 6 heteroatoms. The third-order valence-corrected chi connectivity index (χ3v) is 6.45. The summed E-state index contributed by atoms with van der Waals surface area (Å²) in [6.45, 7) is 6.13. The van der Waals surface area contributed by atoms with E-state index in [4.69, 9.17) is 11.1 Å². The van der Waals surface area contributed by atoms with E-state index >= 15 is 0 Å². The zero-order valence-electron chi connectivity index (χ0n) is 18.8. The Morgan fingerprint density at radius 1 is 1.12 bits per heavy atom. The second-order valence-corrected chi connectivity index (χ2v) is 9.38. The van der Waals surface area contributed by atoms with Crippen LogP contribution in [0.1, 0.15) is 35.3 Å². The molecule has 0 fully saturated rings. The van der Waals surface area contributed by atoms with Crippen LogP contribution < -0.4 is 11.1 Å². The molecule has 1 aromatic heterocycles. The van der Waals surface area contributed by atoms with Crippen molar-refractivity contribution in [1.29, 1.82) is 5.41 Å². The molecule has 1 heterocycles. The van der Waals surface area contributed by atoms with Gasteiger partial charge in [0.25, 0.3) is 5.91 Å². The third kappa shape index (κ3) is 4.86. The van der Waals surface area contributed by atoms with Gasteiger partial charge in [-0.3, -0.25) is 9.79 Å². The van der Waals surface area contributed by atoms with Crippen LogP contribution in [0.15, 0.2) is 65.7 Å². The second kappa shape index (κ2) is 9.38. The summed E-state index contributed by atoms with van der Waals surface area (Å²) in [7, 11) is 0. The molecule has 0 saturated carbocycles. The van der Waals surface area contributed by atoms with Gasteiger partial charge < -0.3 is 16.5 Å². The molecule has 0 aliphatic heterocycles. The first kappa shape index (κ1) is 22.4. The fraction of sp³-hybridized carbons (Fsp3) is 0.148. The average Bonchev–Trinajstić information content (AvgIpc) is 3.23. The fourth-order valence-corrected chi connectivity index (χ4v) is 4.60. The molecule has 0 bridgehead atoms. The molecule has 0 spiro atoms. The minimum atomic E-state index is -0.261. The summed E-state index contributed by atoms with van der Waals surface area (Å²) in [4.78, 5) is 18.7. The number of hydrogen-bond donors (Lipinski definition) is 3. The van der Waals surface area contributed by atoms with Gasteiger partial charge in [0.2, 0.25) is 0 Å². The van der Waals surface area contributed by atoms with Crippen LogP contribution in [0.4, 0.5) is 17.1 Å². The largest absolute Gasteiger partial charge is 0.398 e. The molecule has 0 atom stereocenters. The molecular weight excluding hydrogens is 428 g/mol. The van der Waals surface area contributed by atoms with Crippen LogP contribution in [-0.4, -0.2) is 18.3 Å². The van der Waals surface area contributed by atoms with Crippen molar-refractivity contribution in [3.63, 3.8) is 0 Å². The van der Waals surface area contributed by atoms with Crippen molar-refractivity contribution < 1.29 is 4.79 Å². The van der Waals surface area contributed by atoms with Crippen molar-refractivity contribution in [3.8, 4) is 10.4 Å². The number of nitrogens with two attached hydrogens (primary N) is 1. The number of nitrogens with one attached hydrogen (secondary N) is 2. The topological polar surface area (TPSA) is 91.3 Å². The highest BCUT2D eigenvalue weighted by molar-refractivity contribution is 7.22. The van der Waals surface area contributed by atoms with Crippen LogP contribution in [0, 0.1) is 18.3 Å². The Morgan fingerprint density at radius 2 is 1.91 bits per heavy atom. The molecule has 166 valence electrons. The van der Waals surface area contributed by atoms with E-state index in [-0.39, 0.29) is 5.91 Å². The molecule has 0 aliphatic carbocycles. The summed E-state index contributed by atoms with van der Waals surface area (Å²) >= 11 is 1.62. The third-order valence-electron chi connectivity index (χ3n) is 5.30. The van der Waals surface area contributed by atoms with Crippen molar-refractivity contribution in [3.05, 3.63) is 77.4 Å². The zero-order chi connectivity index (χ0) is 23.5. The molecule has 4 aromatic rings. The normalized spacial score (nSPS) is 11.4. The monoisotopic (exact) mass is 454 g/mol. The lowest BCUT2D eigenvalue weighted by atomic mass is 10.0. The highest BCUT2D eigenvalue weighted by Gasteiger charge is 2.16. The van der Waals surface area contributed by atoms with Gasteiger partial charge in [-0.25, -0.2) is 0 Å². The molecule has 4 N–H and O–H groups in total. The maximum absolute atomic E-state index is 13.1. The number of anilines is 2. The standard InChI is InChI=1S/C27H26N4OS/c1-16(2)15-30-23-13-21(9-8-17(23)3)31-27(32)19-10-20(14-28)26(29)22(11-19)25-12-18-6-4-5-7-24(18)33-25/h4-16,28H,29H2,1-3H3,(H,31,32). The number of nitrogen functional groups attached to an aromatic ring is 1.